The lowest BCUT2D eigenvalue weighted by atomic mass is 10.0. The number of carbonyl (C=O) groups is 1. The number of nitrogens with zero attached hydrogens (tertiary/aromatic N) is 1. The van der Waals surface area contributed by atoms with Crippen molar-refractivity contribution < 1.29 is 9.90 Å². The maximum atomic E-state index is 11.5. The molecule has 3 nitrogen and oxygen atoms in total. The summed E-state index contributed by atoms with van der Waals surface area (Å²) in [5, 5.41) is 19.5. The van der Waals surface area contributed by atoms with Gasteiger partial charge in [-0.25, -0.2) is 4.79 Å². The Labute approximate surface area is 142 Å². The highest BCUT2D eigenvalue weighted by atomic mass is 35.5. The summed E-state index contributed by atoms with van der Waals surface area (Å²) in [5.41, 5.74) is 1.65. The van der Waals surface area contributed by atoms with E-state index in [1.165, 1.54) is 11.3 Å². The number of carboxylic acid groups (broad SMARTS) is 1. The van der Waals surface area contributed by atoms with E-state index < -0.39 is 5.97 Å². The zero-order chi connectivity index (χ0) is 16.1. The summed E-state index contributed by atoms with van der Waals surface area (Å²) in [6.07, 6.45) is 2.10. The lowest BCUT2D eigenvalue weighted by Crippen LogP contribution is -1.95. The van der Waals surface area contributed by atoms with Gasteiger partial charge in [-0.05, 0) is 29.9 Å². The normalized spacial score (nSPS) is 10.4. The van der Waals surface area contributed by atoms with Crippen LogP contribution in [0.15, 0.2) is 28.5 Å². The van der Waals surface area contributed by atoms with Crippen LogP contribution < -0.4 is 0 Å². The number of carboxylic acids is 1. The van der Waals surface area contributed by atoms with Crippen molar-refractivity contribution in [1.29, 1.82) is 5.26 Å². The molecular formula is C16H14ClNO2S2. The van der Waals surface area contributed by atoms with Gasteiger partial charge >= 0.3 is 5.97 Å². The SMILES string of the molecule is CCCCSc1sc(C(=O)O)c(-c2ccc(Cl)cc2)c1C#N. The van der Waals surface area contributed by atoms with Crippen molar-refractivity contribution in [2.45, 2.75) is 24.0 Å². The highest BCUT2D eigenvalue weighted by molar-refractivity contribution is 8.01. The van der Waals surface area contributed by atoms with E-state index in [4.69, 9.17) is 11.6 Å². The second kappa shape index (κ2) is 7.68. The number of unbranched alkanes of at least 4 members (excludes halogenated alkanes) is 1. The van der Waals surface area contributed by atoms with Crippen molar-refractivity contribution in [3.8, 4) is 17.2 Å². The Morgan fingerprint density at radius 1 is 1.41 bits per heavy atom. The van der Waals surface area contributed by atoms with Gasteiger partial charge in [0.15, 0.2) is 0 Å². The van der Waals surface area contributed by atoms with Crippen LogP contribution >= 0.6 is 34.7 Å². The first-order valence-electron chi connectivity index (χ1n) is 6.77. The molecule has 0 aliphatic rings. The predicted octanol–water partition coefficient (Wildman–Crippen LogP) is 5.53. The average molecular weight is 352 g/mol. The fourth-order valence-electron chi connectivity index (χ4n) is 1.97. The molecule has 114 valence electrons. The molecule has 0 atom stereocenters. The Bertz CT molecular complexity index is 717. The molecule has 0 saturated heterocycles. The fraction of sp³-hybridized carbons (Fsp3) is 0.250. The fourth-order valence-corrected chi connectivity index (χ4v) is 4.58. The molecule has 0 saturated carbocycles. The standard InChI is InChI=1S/C16H14ClNO2S2/c1-2-3-8-21-16-12(9-18)13(14(22-16)15(19)20)10-4-6-11(17)7-5-10/h4-7H,2-3,8H2,1H3,(H,19,20). The van der Waals surface area contributed by atoms with Gasteiger partial charge in [-0.1, -0.05) is 37.1 Å². The number of hydrogen-bond donors (Lipinski definition) is 1. The van der Waals surface area contributed by atoms with Gasteiger partial charge in [-0.2, -0.15) is 5.26 Å². The van der Waals surface area contributed by atoms with E-state index in [2.05, 4.69) is 13.0 Å². The molecule has 0 spiro atoms. The summed E-state index contributed by atoms with van der Waals surface area (Å²) in [7, 11) is 0. The smallest absolute Gasteiger partial charge is 0.346 e. The minimum atomic E-state index is -1.01. The third-order valence-corrected chi connectivity index (χ3v) is 5.83. The summed E-state index contributed by atoms with van der Waals surface area (Å²) in [5.74, 6) is -0.126. The molecule has 2 rings (SSSR count). The van der Waals surface area contributed by atoms with Crippen LogP contribution in [0.25, 0.3) is 11.1 Å². The summed E-state index contributed by atoms with van der Waals surface area (Å²) in [6, 6.07) is 9.07. The molecule has 1 N–H and O–H groups in total. The molecule has 1 aromatic carbocycles. The molecule has 1 aromatic heterocycles. The van der Waals surface area contributed by atoms with Gasteiger partial charge in [-0.3, -0.25) is 0 Å². The quantitative estimate of drug-likeness (QED) is 0.549. The Balaban J connectivity index is 2.52. The maximum absolute atomic E-state index is 11.5. The number of rotatable bonds is 6. The maximum Gasteiger partial charge on any atom is 0.346 e. The Morgan fingerprint density at radius 3 is 2.64 bits per heavy atom. The van der Waals surface area contributed by atoms with E-state index in [-0.39, 0.29) is 4.88 Å². The first kappa shape index (κ1) is 16.9. The van der Waals surface area contributed by atoms with Crippen LogP contribution in [0.2, 0.25) is 5.02 Å². The lowest BCUT2D eigenvalue weighted by Gasteiger charge is -2.03. The van der Waals surface area contributed by atoms with E-state index in [9.17, 15) is 15.2 Å². The third kappa shape index (κ3) is 3.64. The largest absolute Gasteiger partial charge is 0.477 e. The van der Waals surface area contributed by atoms with Crippen molar-refractivity contribution in [2.24, 2.45) is 0 Å². The number of thiophene rings is 1. The topological polar surface area (TPSA) is 61.1 Å². The van der Waals surface area contributed by atoms with Crippen LogP contribution in [0.3, 0.4) is 0 Å². The van der Waals surface area contributed by atoms with E-state index >= 15 is 0 Å². The molecule has 0 unspecified atom stereocenters. The van der Waals surface area contributed by atoms with Gasteiger partial charge in [0, 0.05) is 10.6 Å². The van der Waals surface area contributed by atoms with Crippen molar-refractivity contribution in [3.63, 3.8) is 0 Å². The molecule has 2 aromatic rings. The number of aromatic carboxylic acids is 1. The second-order valence-electron chi connectivity index (χ2n) is 4.59. The van der Waals surface area contributed by atoms with Gasteiger partial charge in [0.05, 0.1) is 9.77 Å². The highest BCUT2D eigenvalue weighted by Crippen LogP contribution is 2.42. The molecule has 0 aliphatic carbocycles. The number of hydrogen-bond acceptors (Lipinski definition) is 4. The summed E-state index contributed by atoms with van der Waals surface area (Å²) in [6.45, 7) is 2.10. The van der Waals surface area contributed by atoms with Crippen LogP contribution in [0.4, 0.5) is 0 Å². The monoisotopic (exact) mass is 351 g/mol. The minimum Gasteiger partial charge on any atom is -0.477 e. The van der Waals surface area contributed by atoms with E-state index in [1.54, 1.807) is 36.0 Å². The highest BCUT2D eigenvalue weighted by Gasteiger charge is 2.23. The van der Waals surface area contributed by atoms with Crippen molar-refractivity contribution >= 4 is 40.7 Å². The van der Waals surface area contributed by atoms with E-state index in [0.717, 1.165) is 22.8 Å². The zero-order valence-corrected chi connectivity index (χ0v) is 14.3. The van der Waals surface area contributed by atoms with E-state index in [1.807, 2.05) is 0 Å². The van der Waals surface area contributed by atoms with Crippen molar-refractivity contribution in [3.05, 3.63) is 39.7 Å². The third-order valence-electron chi connectivity index (χ3n) is 3.05. The molecule has 0 aliphatic heterocycles. The summed E-state index contributed by atoms with van der Waals surface area (Å²) >= 11 is 8.61. The van der Waals surface area contributed by atoms with Gasteiger partial charge in [0.25, 0.3) is 0 Å². The lowest BCUT2D eigenvalue weighted by molar-refractivity contribution is 0.0703. The predicted molar refractivity (Wildman–Crippen MR) is 92.1 cm³/mol. The molecule has 0 fully saturated rings. The van der Waals surface area contributed by atoms with Crippen molar-refractivity contribution in [1.82, 2.24) is 0 Å². The number of halogens is 1. The Kier molecular flexibility index (Phi) is 5.90. The van der Waals surface area contributed by atoms with Crippen molar-refractivity contribution in [2.75, 3.05) is 5.75 Å². The van der Waals surface area contributed by atoms with Crippen LogP contribution in [0, 0.1) is 11.3 Å². The Morgan fingerprint density at radius 2 is 2.09 bits per heavy atom. The molecule has 6 heteroatoms. The Hall–Kier alpha value is -1.48. The van der Waals surface area contributed by atoms with Crippen LogP contribution in [0.5, 0.6) is 0 Å². The summed E-state index contributed by atoms with van der Waals surface area (Å²) < 4.78 is 0.776. The van der Waals surface area contributed by atoms with Gasteiger partial charge in [-0.15, -0.1) is 23.1 Å². The molecule has 22 heavy (non-hydrogen) atoms. The minimum absolute atomic E-state index is 0.206. The van der Waals surface area contributed by atoms with Gasteiger partial charge < -0.3 is 5.11 Å². The molecule has 1 heterocycles. The first-order chi connectivity index (χ1) is 10.6. The van der Waals surface area contributed by atoms with Crippen LogP contribution in [-0.2, 0) is 0 Å². The number of thioether (sulfide) groups is 1. The van der Waals surface area contributed by atoms with E-state index in [0.29, 0.717) is 21.7 Å². The second-order valence-corrected chi connectivity index (χ2v) is 7.42. The molecular weight excluding hydrogens is 338 g/mol. The van der Waals surface area contributed by atoms with Crippen LogP contribution in [0.1, 0.15) is 35.0 Å². The van der Waals surface area contributed by atoms with Crippen LogP contribution in [-0.4, -0.2) is 16.8 Å². The zero-order valence-electron chi connectivity index (χ0n) is 11.9. The van der Waals surface area contributed by atoms with Gasteiger partial charge in [0.2, 0.25) is 0 Å². The molecule has 0 amide bonds. The average Bonchev–Trinajstić information content (AvgIpc) is 2.87. The molecule has 0 radical (unpaired) electrons. The van der Waals surface area contributed by atoms with Gasteiger partial charge in [0.1, 0.15) is 10.9 Å². The first-order valence-corrected chi connectivity index (χ1v) is 8.95. The number of nitriles is 1. The number of benzene rings is 1. The summed E-state index contributed by atoms with van der Waals surface area (Å²) in [4.78, 5) is 11.7. The molecule has 0 bridgehead atoms.